The van der Waals surface area contributed by atoms with Gasteiger partial charge >= 0.3 is 12.1 Å². The highest BCUT2D eigenvalue weighted by molar-refractivity contribution is 7.99. The molecule has 0 aliphatic heterocycles. The van der Waals surface area contributed by atoms with E-state index in [1.165, 1.54) is 48.2 Å². The maximum Gasteiger partial charge on any atom is 0.471 e. The number of alkyl halides is 3. The number of rotatable bonds is 4. The highest BCUT2D eigenvalue weighted by atomic mass is 32.2. The standard InChI is InChI=1S/C14H9F3N2O3S/c15-14(16,17)13(20)18-9-1-5-11(6-2-9)23-12-7-3-10(4-8-12)19(21)22/h1-8H,(H,18,20). The number of amides is 1. The summed E-state index contributed by atoms with van der Waals surface area (Å²) < 4.78 is 36.4. The molecule has 0 saturated heterocycles. The van der Waals surface area contributed by atoms with Gasteiger partial charge in [0.1, 0.15) is 0 Å². The van der Waals surface area contributed by atoms with Crippen LogP contribution in [-0.2, 0) is 4.79 Å². The first-order valence-corrected chi connectivity index (χ1v) is 6.98. The van der Waals surface area contributed by atoms with E-state index in [1.54, 1.807) is 17.4 Å². The average Bonchev–Trinajstić information content (AvgIpc) is 2.49. The van der Waals surface area contributed by atoms with E-state index in [9.17, 15) is 28.1 Å². The maximum absolute atomic E-state index is 12.1. The van der Waals surface area contributed by atoms with Crippen molar-refractivity contribution in [2.24, 2.45) is 0 Å². The largest absolute Gasteiger partial charge is 0.471 e. The SMILES string of the molecule is O=C(Nc1ccc(Sc2ccc([N+](=O)[O-])cc2)cc1)C(F)(F)F. The van der Waals surface area contributed by atoms with Crippen molar-refractivity contribution in [2.75, 3.05) is 5.32 Å². The van der Waals surface area contributed by atoms with Gasteiger partial charge in [-0.2, -0.15) is 13.2 Å². The number of hydrogen-bond acceptors (Lipinski definition) is 4. The summed E-state index contributed by atoms with van der Waals surface area (Å²) in [6.45, 7) is 0. The molecule has 0 aliphatic carbocycles. The molecule has 2 aromatic carbocycles. The van der Waals surface area contributed by atoms with E-state index in [2.05, 4.69) is 0 Å². The predicted octanol–water partition coefficient (Wildman–Crippen LogP) is 4.25. The zero-order valence-corrected chi connectivity index (χ0v) is 12.1. The van der Waals surface area contributed by atoms with Crippen LogP contribution in [0.15, 0.2) is 58.3 Å². The van der Waals surface area contributed by atoms with Gasteiger partial charge in [-0.25, -0.2) is 0 Å². The molecule has 0 spiro atoms. The molecule has 1 N–H and O–H groups in total. The van der Waals surface area contributed by atoms with E-state index in [0.717, 1.165) is 4.90 Å². The summed E-state index contributed by atoms with van der Waals surface area (Å²) >= 11 is 1.28. The average molecular weight is 342 g/mol. The number of hydrogen-bond donors (Lipinski definition) is 1. The molecule has 0 saturated carbocycles. The fourth-order valence-electron chi connectivity index (χ4n) is 1.58. The maximum atomic E-state index is 12.1. The second kappa shape index (κ2) is 6.69. The second-order valence-electron chi connectivity index (χ2n) is 4.33. The molecule has 5 nitrogen and oxygen atoms in total. The molecule has 0 unspecified atom stereocenters. The van der Waals surface area contributed by atoms with Crippen LogP contribution in [0, 0.1) is 10.1 Å². The molecule has 0 bridgehead atoms. The number of nitro benzene ring substituents is 1. The van der Waals surface area contributed by atoms with Crippen LogP contribution in [0.1, 0.15) is 0 Å². The van der Waals surface area contributed by atoms with E-state index >= 15 is 0 Å². The number of halogens is 3. The lowest BCUT2D eigenvalue weighted by Gasteiger charge is -2.08. The van der Waals surface area contributed by atoms with E-state index in [1.807, 2.05) is 0 Å². The van der Waals surface area contributed by atoms with Gasteiger partial charge in [-0.15, -0.1) is 0 Å². The van der Waals surface area contributed by atoms with E-state index in [0.29, 0.717) is 4.90 Å². The predicted molar refractivity (Wildman–Crippen MR) is 78.3 cm³/mol. The molecule has 0 radical (unpaired) electrons. The van der Waals surface area contributed by atoms with Crippen LogP contribution < -0.4 is 5.32 Å². The second-order valence-corrected chi connectivity index (χ2v) is 5.48. The van der Waals surface area contributed by atoms with Crippen LogP contribution >= 0.6 is 11.8 Å². The Morgan fingerprint density at radius 3 is 1.91 bits per heavy atom. The number of nitrogens with one attached hydrogen (secondary N) is 1. The van der Waals surface area contributed by atoms with Crippen LogP contribution in [0.25, 0.3) is 0 Å². The Morgan fingerprint density at radius 1 is 1.00 bits per heavy atom. The van der Waals surface area contributed by atoms with Gasteiger partial charge in [-0.3, -0.25) is 14.9 Å². The quantitative estimate of drug-likeness (QED) is 0.666. The van der Waals surface area contributed by atoms with Crippen molar-refractivity contribution in [3.05, 3.63) is 58.6 Å². The van der Waals surface area contributed by atoms with Crippen molar-refractivity contribution in [3.8, 4) is 0 Å². The van der Waals surface area contributed by atoms with E-state index in [-0.39, 0.29) is 11.4 Å². The third-order valence-electron chi connectivity index (χ3n) is 2.65. The minimum Gasteiger partial charge on any atom is -0.318 e. The van der Waals surface area contributed by atoms with Gasteiger partial charge in [0, 0.05) is 27.6 Å². The Hall–Kier alpha value is -2.55. The lowest BCUT2D eigenvalue weighted by Crippen LogP contribution is -2.29. The van der Waals surface area contributed by atoms with Crippen molar-refractivity contribution in [2.45, 2.75) is 16.0 Å². The van der Waals surface area contributed by atoms with E-state index in [4.69, 9.17) is 0 Å². The Balaban J connectivity index is 2.02. The number of benzene rings is 2. The Morgan fingerprint density at radius 2 is 1.48 bits per heavy atom. The van der Waals surface area contributed by atoms with Gasteiger partial charge in [0.25, 0.3) is 5.69 Å². The van der Waals surface area contributed by atoms with Crippen LogP contribution in [0.3, 0.4) is 0 Å². The molecule has 0 aliphatic rings. The fraction of sp³-hybridized carbons (Fsp3) is 0.0714. The number of nitrogens with zero attached hydrogens (tertiary/aromatic N) is 1. The number of non-ortho nitro benzene ring substituents is 1. The third kappa shape index (κ3) is 4.71. The topological polar surface area (TPSA) is 72.2 Å². The zero-order chi connectivity index (χ0) is 17.0. The van der Waals surface area contributed by atoms with Crippen LogP contribution in [0.5, 0.6) is 0 Å². The third-order valence-corrected chi connectivity index (χ3v) is 3.67. The summed E-state index contributed by atoms with van der Waals surface area (Å²) in [4.78, 5) is 22.3. The molecule has 2 rings (SSSR count). The van der Waals surface area contributed by atoms with Gasteiger partial charge < -0.3 is 5.32 Å². The van der Waals surface area contributed by atoms with Gasteiger partial charge in [0.05, 0.1) is 4.92 Å². The first-order chi connectivity index (χ1) is 10.8. The minimum absolute atomic E-state index is 0.0281. The van der Waals surface area contributed by atoms with Crippen molar-refractivity contribution in [3.63, 3.8) is 0 Å². The van der Waals surface area contributed by atoms with Crippen LogP contribution in [0.4, 0.5) is 24.5 Å². The molecule has 0 aromatic heterocycles. The molecule has 23 heavy (non-hydrogen) atoms. The normalized spacial score (nSPS) is 11.1. The van der Waals surface area contributed by atoms with Gasteiger partial charge in [0.15, 0.2) is 0 Å². The minimum atomic E-state index is -4.94. The summed E-state index contributed by atoms with van der Waals surface area (Å²) in [5.74, 6) is -2.03. The molecule has 1 amide bonds. The number of nitro groups is 1. The number of carbonyl (C=O) groups excluding carboxylic acids is 1. The van der Waals surface area contributed by atoms with Gasteiger partial charge in [-0.1, -0.05) is 11.8 Å². The summed E-state index contributed by atoms with van der Waals surface area (Å²) in [5, 5.41) is 12.3. The van der Waals surface area contributed by atoms with Crippen molar-refractivity contribution in [1.82, 2.24) is 0 Å². The fourth-order valence-corrected chi connectivity index (χ4v) is 2.40. The highest BCUT2D eigenvalue weighted by Gasteiger charge is 2.38. The van der Waals surface area contributed by atoms with Gasteiger partial charge in [-0.05, 0) is 36.4 Å². The Labute approximate surface area is 132 Å². The molecule has 9 heteroatoms. The molecule has 120 valence electrons. The summed E-state index contributed by atoms with van der Waals surface area (Å²) in [6.07, 6.45) is -4.94. The van der Waals surface area contributed by atoms with Crippen molar-refractivity contribution < 1.29 is 22.9 Å². The van der Waals surface area contributed by atoms with Gasteiger partial charge in [0.2, 0.25) is 0 Å². The summed E-state index contributed by atoms with van der Waals surface area (Å²) in [5.41, 5.74) is -0.0000597. The Kier molecular flexibility index (Phi) is 4.89. The molecule has 0 fully saturated rings. The summed E-state index contributed by atoms with van der Waals surface area (Å²) in [6, 6.07) is 11.6. The molecule has 2 aromatic rings. The van der Waals surface area contributed by atoms with Crippen LogP contribution in [0.2, 0.25) is 0 Å². The summed E-state index contributed by atoms with van der Waals surface area (Å²) in [7, 11) is 0. The lowest BCUT2D eigenvalue weighted by molar-refractivity contribution is -0.384. The number of anilines is 1. The molecule has 0 atom stereocenters. The zero-order valence-electron chi connectivity index (χ0n) is 11.3. The van der Waals surface area contributed by atoms with E-state index < -0.39 is 17.0 Å². The highest BCUT2D eigenvalue weighted by Crippen LogP contribution is 2.30. The Bertz CT molecular complexity index is 716. The monoisotopic (exact) mass is 342 g/mol. The molecular weight excluding hydrogens is 333 g/mol. The van der Waals surface area contributed by atoms with Crippen LogP contribution in [-0.4, -0.2) is 17.0 Å². The first-order valence-electron chi connectivity index (χ1n) is 6.16. The smallest absolute Gasteiger partial charge is 0.318 e. The number of carbonyl (C=O) groups is 1. The first kappa shape index (κ1) is 16.8. The molecule has 0 heterocycles. The lowest BCUT2D eigenvalue weighted by atomic mass is 10.3. The van der Waals surface area contributed by atoms with Crippen molar-refractivity contribution >= 4 is 29.0 Å². The molecular formula is C14H9F3N2O3S. The van der Waals surface area contributed by atoms with Crippen molar-refractivity contribution in [1.29, 1.82) is 0 Å².